The van der Waals surface area contributed by atoms with E-state index < -0.39 is 11.7 Å². The molecule has 7 nitrogen and oxygen atoms in total. The molecular formula is C19H17FN4O3. The molecule has 0 aliphatic rings. The van der Waals surface area contributed by atoms with E-state index in [0.29, 0.717) is 17.2 Å². The molecule has 0 fully saturated rings. The summed E-state index contributed by atoms with van der Waals surface area (Å²) in [6, 6.07) is 11.2. The summed E-state index contributed by atoms with van der Waals surface area (Å²) < 4.78 is 24.0. The minimum atomic E-state index is -0.423. The molecule has 0 bridgehead atoms. The van der Waals surface area contributed by atoms with E-state index >= 15 is 0 Å². The maximum Gasteiger partial charge on any atom is 0.258 e. The van der Waals surface area contributed by atoms with Crippen LogP contribution in [-0.2, 0) is 0 Å². The molecule has 138 valence electrons. The van der Waals surface area contributed by atoms with Crippen molar-refractivity contribution in [2.45, 2.75) is 0 Å². The van der Waals surface area contributed by atoms with Crippen LogP contribution >= 0.6 is 0 Å². The Labute approximate surface area is 155 Å². The van der Waals surface area contributed by atoms with Gasteiger partial charge in [-0.25, -0.2) is 14.4 Å². The van der Waals surface area contributed by atoms with Crippen LogP contribution < -0.4 is 20.1 Å². The highest BCUT2D eigenvalue weighted by atomic mass is 19.1. The Hall–Kier alpha value is -3.68. The van der Waals surface area contributed by atoms with Crippen molar-refractivity contribution in [2.75, 3.05) is 24.9 Å². The van der Waals surface area contributed by atoms with Gasteiger partial charge in [-0.05, 0) is 24.3 Å². The number of aromatic nitrogens is 2. The van der Waals surface area contributed by atoms with Gasteiger partial charge in [-0.15, -0.1) is 0 Å². The van der Waals surface area contributed by atoms with E-state index in [2.05, 4.69) is 20.6 Å². The van der Waals surface area contributed by atoms with Gasteiger partial charge >= 0.3 is 0 Å². The SMILES string of the molecule is COc1ccc(OC)c(NC(=O)c2cnc(Nc3ccccc3F)nc2)c1. The van der Waals surface area contributed by atoms with Crippen LogP contribution in [0.4, 0.5) is 21.7 Å². The summed E-state index contributed by atoms with van der Waals surface area (Å²) in [5.74, 6) is 0.400. The van der Waals surface area contributed by atoms with Crippen LogP contribution in [0.5, 0.6) is 11.5 Å². The van der Waals surface area contributed by atoms with Crippen molar-refractivity contribution in [3.63, 3.8) is 0 Å². The average molecular weight is 368 g/mol. The van der Waals surface area contributed by atoms with Crippen molar-refractivity contribution in [1.29, 1.82) is 0 Å². The quantitative estimate of drug-likeness (QED) is 0.691. The molecule has 2 N–H and O–H groups in total. The normalized spacial score (nSPS) is 10.2. The Morgan fingerprint density at radius 3 is 2.41 bits per heavy atom. The second-order valence-electron chi connectivity index (χ2n) is 5.42. The molecular weight excluding hydrogens is 351 g/mol. The number of halogens is 1. The van der Waals surface area contributed by atoms with Crippen molar-refractivity contribution in [3.8, 4) is 11.5 Å². The number of nitrogens with one attached hydrogen (secondary N) is 2. The third kappa shape index (κ3) is 4.30. The fraction of sp³-hybridized carbons (Fsp3) is 0.105. The monoisotopic (exact) mass is 368 g/mol. The lowest BCUT2D eigenvalue weighted by molar-refractivity contribution is 0.102. The van der Waals surface area contributed by atoms with Crippen molar-refractivity contribution in [3.05, 3.63) is 66.2 Å². The third-order valence-electron chi connectivity index (χ3n) is 3.69. The van der Waals surface area contributed by atoms with Gasteiger partial charge in [-0.1, -0.05) is 12.1 Å². The lowest BCUT2D eigenvalue weighted by atomic mass is 10.2. The highest BCUT2D eigenvalue weighted by Gasteiger charge is 2.12. The van der Waals surface area contributed by atoms with Crippen LogP contribution in [0.2, 0.25) is 0 Å². The van der Waals surface area contributed by atoms with Crippen LogP contribution in [0.25, 0.3) is 0 Å². The molecule has 1 heterocycles. The number of hydrogen-bond acceptors (Lipinski definition) is 6. The third-order valence-corrected chi connectivity index (χ3v) is 3.69. The molecule has 0 radical (unpaired) electrons. The summed E-state index contributed by atoms with van der Waals surface area (Å²) in [4.78, 5) is 20.5. The van der Waals surface area contributed by atoms with E-state index in [1.807, 2.05) is 0 Å². The fourth-order valence-electron chi connectivity index (χ4n) is 2.30. The number of rotatable bonds is 6. The number of benzene rings is 2. The average Bonchev–Trinajstić information content (AvgIpc) is 2.70. The Kier molecular flexibility index (Phi) is 5.46. The Balaban J connectivity index is 1.74. The Morgan fingerprint density at radius 1 is 1.00 bits per heavy atom. The largest absolute Gasteiger partial charge is 0.497 e. The van der Waals surface area contributed by atoms with Crippen molar-refractivity contribution in [1.82, 2.24) is 9.97 Å². The molecule has 0 saturated heterocycles. The Morgan fingerprint density at radius 2 is 1.74 bits per heavy atom. The highest BCUT2D eigenvalue weighted by Crippen LogP contribution is 2.29. The summed E-state index contributed by atoms with van der Waals surface area (Å²) in [7, 11) is 3.03. The van der Waals surface area contributed by atoms with Crippen molar-refractivity contribution in [2.24, 2.45) is 0 Å². The molecule has 0 atom stereocenters. The second-order valence-corrected chi connectivity index (χ2v) is 5.42. The summed E-state index contributed by atoms with van der Waals surface area (Å²) in [6.45, 7) is 0. The van der Waals surface area contributed by atoms with E-state index in [9.17, 15) is 9.18 Å². The first-order valence-corrected chi connectivity index (χ1v) is 7.97. The van der Waals surface area contributed by atoms with E-state index in [4.69, 9.17) is 9.47 Å². The van der Waals surface area contributed by atoms with E-state index in [-0.39, 0.29) is 17.2 Å². The zero-order valence-electron chi connectivity index (χ0n) is 14.7. The summed E-state index contributed by atoms with van der Waals surface area (Å²) in [5, 5.41) is 5.48. The van der Waals surface area contributed by atoms with Gasteiger partial charge in [0.15, 0.2) is 0 Å². The molecule has 8 heteroatoms. The number of carbonyl (C=O) groups is 1. The predicted octanol–water partition coefficient (Wildman–Crippen LogP) is 3.63. The summed E-state index contributed by atoms with van der Waals surface area (Å²) in [5.41, 5.74) is 0.935. The minimum Gasteiger partial charge on any atom is -0.497 e. The van der Waals surface area contributed by atoms with Gasteiger partial charge in [-0.2, -0.15) is 0 Å². The fourth-order valence-corrected chi connectivity index (χ4v) is 2.30. The van der Waals surface area contributed by atoms with Gasteiger partial charge in [0.25, 0.3) is 5.91 Å². The molecule has 27 heavy (non-hydrogen) atoms. The minimum absolute atomic E-state index is 0.176. The first-order valence-electron chi connectivity index (χ1n) is 7.97. The molecule has 0 aliphatic carbocycles. The van der Waals surface area contributed by atoms with Crippen LogP contribution in [0.15, 0.2) is 54.9 Å². The van der Waals surface area contributed by atoms with Crippen LogP contribution in [0.3, 0.4) is 0 Å². The zero-order chi connectivity index (χ0) is 19.2. The van der Waals surface area contributed by atoms with Gasteiger partial charge in [-0.3, -0.25) is 4.79 Å². The summed E-state index contributed by atoms with van der Waals surface area (Å²) in [6.07, 6.45) is 2.69. The molecule has 1 amide bonds. The zero-order valence-corrected chi connectivity index (χ0v) is 14.7. The van der Waals surface area contributed by atoms with Gasteiger partial charge in [0, 0.05) is 18.5 Å². The molecule has 3 rings (SSSR count). The van der Waals surface area contributed by atoms with Crippen LogP contribution in [-0.4, -0.2) is 30.1 Å². The van der Waals surface area contributed by atoms with Gasteiger partial charge in [0.1, 0.15) is 17.3 Å². The molecule has 3 aromatic rings. The van der Waals surface area contributed by atoms with Crippen LogP contribution in [0, 0.1) is 5.82 Å². The number of amides is 1. The smallest absolute Gasteiger partial charge is 0.258 e. The van der Waals surface area contributed by atoms with Gasteiger partial charge in [0.05, 0.1) is 31.2 Å². The number of ether oxygens (including phenoxy) is 2. The lowest BCUT2D eigenvalue weighted by Crippen LogP contribution is -2.14. The standard InChI is InChI=1S/C19H17FN4O3/c1-26-13-7-8-17(27-2)16(9-13)23-18(25)12-10-21-19(22-11-12)24-15-6-4-3-5-14(15)20/h3-11H,1-2H3,(H,23,25)(H,21,22,24). The molecule has 0 unspecified atom stereocenters. The molecule has 0 aliphatic heterocycles. The second kappa shape index (κ2) is 8.13. The number of anilines is 3. The molecule has 1 aromatic heterocycles. The molecule has 0 saturated carbocycles. The first-order chi connectivity index (χ1) is 13.1. The van der Waals surface area contributed by atoms with Gasteiger partial charge in [0.2, 0.25) is 5.95 Å². The highest BCUT2D eigenvalue weighted by molar-refractivity contribution is 6.04. The maximum atomic E-state index is 13.7. The molecule has 0 spiro atoms. The number of hydrogen-bond donors (Lipinski definition) is 2. The first kappa shape index (κ1) is 18.1. The number of nitrogens with zero attached hydrogens (tertiary/aromatic N) is 2. The van der Waals surface area contributed by atoms with Gasteiger partial charge < -0.3 is 20.1 Å². The Bertz CT molecular complexity index is 948. The van der Waals surface area contributed by atoms with Crippen LogP contribution in [0.1, 0.15) is 10.4 Å². The number of carbonyl (C=O) groups excluding carboxylic acids is 1. The molecule has 2 aromatic carbocycles. The van der Waals surface area contributed by atoms with E-state index in [1.54, 1.807) is 36.4 Å². The van der Waals surface area contributed by atoms with E-state index in [0.717, 1.165) is 0 Å². The topological polar surface area (TPSA) is 85.4 Å². The van der Waals surface area contributed by atoms with Crippen molar-refractivity contribution < 1.29 is 18.7 Å². The maximum absolute atomic E-state index is 13.7. The van der Waals surface area contributed by atoms with E-state index in [1.165, 1.54) is 32.7 Å². The summed E-state index contributed by atoms with van der Waals surface area (Å²) >= 11 is 0. The lowest BCUT2D eigenvalue weighted by Gasteiger charge is -2.12. The predicted molar refractivity (Wildman–Crippen MR) is 99.2 cm³/mol. The number of para-hydroxylation sites is 1. The van der Waals surface area contributed by atoms with Crippen molar-refractivity contribution >= 4 is 23.2 Å². The number of methoxy groups -OCH3 is 2.